The highest BCUT2D eigenvalue weighted by Gasteiger charge is 2.20. The Morgan fingerprint density at radius 2 is 1.71 bits per heavy atom. The molecule has 2 aromatic carbocycles. The number of fused-ring (bicyclic) bond motifs is 2. The monoisotopic (exact) mass is 378 g/mol. The second-order valence-corrected chi connectivity index (χ2v) is 7.66. The molecule has 1 N–H and O–H groups in total. The van der Waals surface area contributed by atoms with E-state index >= 15 is 0 Å². The van der Waals surface area contributed by atoms with Gasteiger partial charge in [0.2, 0.25) is 0 Å². The first kappa shape index (κ1) is 18.7. The van der Waals surface area contributed by atoms with Gasteiger partial charge in [0, 0.05) is 39.1 Å². The average molecular weight is 378 g/mol. The minimum Gasteiger partial charge on any atom is -0.390 e. The first-order valence-corrected chi connectivity index (χ1v) is 9.67. The molecule has 0 unspecified atom stereocenters. The molecule has 4 rings (SSSR count). The smallest absolute Gasteiger partial charge is 0.274 e. The van der Waals surface area contributed by atoms with E-state index in [1.54, 1.807) is 0 Å². The number of anilines is 1. The molecule has 28 heavy (non-hydrogen) atoms. The van der Waals surface area contributed by atoms with Gasteiger partial charge in [-0.1, -0.05) is 42.5 Å². The van der Waals surface area contributed by atoms with Crippen LogP contribution >= 0.6 is 0 Å². The summed E-state index contributed by atoms with van der Waals surface area (Å²) >= 11 is 0. The van der Waals surface area contributed by atoms with Crippen molar-refractivity contribution >= 4 is 16.6 Å². The van der Waals surface area contributed by atoms with Crippen molar-refractivity contribution in [1.82, 2.24) is 14.7 Å². The van der Waals surface area contributed by atoms with Gasteiger partial charge in [-0.3, -0.25) is 9.69 Å². The zero-order valence-electron chi connectivity index (χ0n) is 16.4. The molecule has 0 spiro atoms. The summed E-state index contributed by atoms with van der Waals surface area (Å²) in [5.74, 6) is 0.731. The maximum absolute atomic E-state index is 12.9. The predicted octanol–water partition coefficient (Wildman–Crippen LogP) is 1.88. The van der Waals surface area contributed by atoms with Gasteiger partial charge in [-0.15, -0.1) is 0 Å². The van der Waals surface area contributed by atoms with Crippen molar-refractivity contribution in [2.24, 2.45) is 0 Å². The summed E-state index contributed by atoms with van der Waals surface area (Å²) < 4.78 is 1.40. The highest BCUT2D eigenvalue weighted by molar-refractivity contribution is 5.91. The molecule has 146 valence electrons. The van der Waals surface area contributed by atoms with Crippen molar-refractivity contribution in [2.75, 3.05) is 32.1 Å². The van der Waals surface area contributed by atoms with E-state index in [4.69, 9.17) is 0 Å². The van der Waals surface area contributed by atoms with Gasteiger partial charge < -0.3 is 10.0 Å². The number of aromatic nitrogens is 2. The SMILES string of the molecule is CN(C)c1nn(C[C@H](O)CN2CCc3ccccc3C2)c(=O)c2ccccc12. The van der Waals surface area contributed by atoms with Gasteiger partial charge in [0.1, 0.15) is 0 Å². The van der Waals surface area contributed by atoms with Crippen molar-refractivity contribution < 1.29 is 5.11 Å². The Balaban J connectivity index is 1.53. The number of β-amino-alcohol motifs (C(OH)–C–C–N with tert-alkyl or cyclic N) is 1. The number of aliphatic hydroxyl groups is 1. The first-order chi connectivity index (χ1) is 13.5. The number of nitrogens with zero attached hydrogens (tertiary/aromatic N) is 4. The van der Waals surface area contributed by atoms with E-state index in [1.165, 1.54) is 15.8 Å². The van der Waals surface area contributed by atoms with E-state index < -0.39 is 6.10 Å². The molecule has 1 aromatic heterocycles. The molecule has 6 heteroatoms. The minimum absolute atomic E-state index is 0.163. The van der Waals surface area contributed by atoms with E-state index in [-0.39, 0.29) is 12.1 Å². The summed E-state index contributed by atoms with van der Waals surface area (Å²) in [4.78, 5) is 17.0. The molecule has 0 saturated heterocycles. The molecule has 6 nitrogen and oxygen atoms in total. The van der Waals surface area contributed by atoms with Gasteiger partial charge in [-0.2, -0.15) is 5.10 Å². The van der Waals surface area contributed by atoms with Crippen LogP contribution in [0.5, 0.6) is 0 Å². The van der Waals surface area contributed by atoms with Gasteiger partial charge in [0.05, 0.1) is 18.0 Å². The molecule has 0 bridgehead atoms. The maximum Gasteiger partial charge on any atom is 0.274 e. The van der Waals surface area contributed by atoms with Gasteiger partial charge in [0.25, 0.3) is 5.56 Å². The van der Waals surface area contributed by atoms with Crippen LogP contribution in [0.25, 0.3) is 10.8 Å². The quantitative estimate of drug-likeness (QED) is 0.735. The van der Waals surface area contributed by atoms with Crippen molar-refractivity contribution in [3.8, 4) is 0 Å². The third kappa shape index (κ3) is 3.66. The summed E-state index contributed by atoms with van der Waals surface area (Å²) in [5, 5.41) is 16.6. The summed E-state index contributed by atoms with van der Waals surface area (Å²) in [6, 6.07) is 15.9. The van der Waals surface area contributed by atoms with Gasteiger partial charge >= 0.3 is 0 Å². The number of rotatable bonds is 5. The first-order valence-electron chi connectivity index (χ1n) is 9.67. The van der Waals surface area contributed by atoms with E-state index in [2.05, 4.69) is 34.3 Å². The maximum atomic E-state index is 12.9. The molecule has 0 radical (unpaired) electrons. The zero-order valence-corrected chi connectivity index (χ0v) is 16.4. The lowest BCUT2D eigenvalue weighted by molar-refractivity contribution is 0.0879. The van der Waals surface area contributed by atoms with Crippen molar-refractivity contribution in [3.63, 3.8) is 0 Å². The molecule has 0 amide bonds. The van der Waals surface area contributed by atoms with Gasteiger partial charge in [-0.25, -0.2) is 4.68 Å². The average Bonchev–Trinajstić information content (AvgIpc) is 2.70. The molecule has 3 aromatic rings. The second kappa shape index (κ2) is 7.73. The number of aliphatic hydroxyl groups excluding tert-OH is 1. The number of benzene rings is 2. The molecule has 0 saturated carbocycles. The normalized spacial score (nSPS) is 15.4. The standard InChI is InChI=1S/C22H26N4O2/c1-24(2)21-19-9-5-6-10-20(19)22(28)26(23-21)15-18(27)14-25-12-11-16-7-3-4-8-17(16)13-25/h3-10,18,27H,11-15H2,1-2H3/t18-/m1/s1. The van der Waals surface area contributed by atoms with Crippen LogP contribution in [0.1, 0.15) is 11.1 Å². The molecular formula is C22H26N4O2. The van der Waals surface area contributed by atoms with Crippen LogP contribution in [0.3, 0.4) is 0 Å². The van der Waals surface area contributed by atoms with E-state index in [1.807, 2.05) is 43.3 Å². The second-order valence-electron chi connectivity index (χ2n) is 7.66. The number of hydrogen-bond donors (Lipinski definition) is 1. The van der Waals surface area contributed by atoms with Crippen molar-refractivity contribution in [3.05, 3.63) is 70.0 Å². The molecule has 0 fully saturated rings. The van der Waals surface area contributed by atoms with Crippen LogP contribution in [0, 0.1) is 0 Å². The molecule has 0 aliphatic carbocycles. The predicted molar refractivity (Wildman–Crippen MR) is 112 cm³/mol. The van der Waals surface area contributed by atoms with Crippen molar-refractivity contribution in [2.45, 2.75) is 25.6 Å². The van der Waals surface area contributed by atoms with E-state index in [9.17, 15) is 9.90 Å². The van der Waals surface area contributed by atoms with Crippen LogP contribution in [0.15, 0.2) is 53.3 Å². The fraction of sp³-hybridized carbons (Fsp3) is 0.364. The summed E-state index contributed by atoms with van der Waals surface area (Å²) in [6.45, 7) is 2.45. The third-order valence-electron chi connectivity index (χ3n) is 5.33. The Labute approximate surface area is 164 Å². The Kier molecular flexibility index (Phi) is 5.15. The zero-order chi connectivity index (χ0) is 19.7. The van der Waals surface area contributed by atoms with Crippen LogP contribution in [-0.4, -0.2) is 53.1 Å². The molecule has 2 heterocycles. The molecule has 1 aliphatic rings. The highest BCUT2D eigenvalue weighted by atomic mass is 16.3. The summed E-state index contributed by atoms with van der Waals surface area (Å²) in [5.41, 5.74) is 2.54. The molecular weight excluding hydrogens is 352 g/mol. The Morgan fingerprint density at radius 1 is 1.04 bits per heavy atom. The van der Waals surface area contributed by atoms with Crippen LogP contribution in [0.2, 0.25) is 0 Å². The molecule has 1 atom stereocenters. The summed E-state index contributed by atoms with van der Waals surface area (Å²) in [7, 11) is 3.82. The highest BCUT2D eigenvalue weighted by Crippen LogP contribution is 2.21. The van der Waals surface area contributed by atoms with Crippen LogP contribution < -0.4 is 10.5 Å². The largest absolute Gasteiger partial charge is 0.390 e. The summed E-state index contributed by atoms with van der Waals surface area (Å²) in [6.07, 6.45) is 0.327. The number of hydrogen-bond acceptors (Lipinski definition) is 5. The van der Waals surface area contributed by atoms with E-state index in [0.29, 0.717) is 11.9 Å². The fourth-order valence-electron chi connectivity index (χ4n) is 3.94. The third-order valence-corrected chi connectivity index (χ3v) is 5.33. The lowest BCUT2D eigenvalue weighted by Crippen LogP contribution is -2.40. The lowest BCUT2D eigenvalue weighted by Gasteiger charge is -2.30. The van der Waals surface area contributed by atoms with Crippen LogP contribution in [0.4, 0.5) is 5.82 Å². The Bertz CT molecular complexity index is 1040. The molecule has 1 aliphatic heterocycles. The van der Waals surface area contributed by atoms with Gasteiger partial charge in [0.15, 0.2) is 5.82 Å². The van der Waals surface area contributed by atoms with Crippen molar-refractivity contribution in [1.29, 1.82) is 0 Å². The fourth-order valence-corrected chi connectivity index (χ4v) is 3.94. The van der Waals surface area contributed by atoms with Crippen LogP contribution in [-0.2, 0) is 19.5 Å². The van der Waals surface area contributed by atoms with E-state index in [0.717, 1.165) is 30.7 Å². The Hall–Kier alpha value is -2.70. The Morgan fingerprint density at radius 3 is 2.46 bits per heavy atom. The van der Waals surface area contributed by atoms with Gasteiger partial charge in [-0.05, 0) is 23.6 Å². The lowest BCUT2D eigenvalue weighted by atomic mass is 10.00. The topological polar surface area (TPSA) is 61.6 Å². The minimum atomic E-state index is -0.661.